The van der Waals surface area contributed by atoms with Crippen LogP contribution in [0.2, 0.25) is 0 Å². The van der Waals surface area contributed by atoms with Crippen molar-refractivity contribution < 1.29 is 29.0 Å². The average Bonchev–Trinajstić information content (AvgIpc) is 3.02. The average molecular weight is 452 g/mol. The molecule has 1 fully saturated rings. The molecule has 2 aromatic rings. The molecule has 0 aliphatic carbocycles. The van der Waals surface area contributed by atoms with Crippen LogP contribution in [-0.2, 0) is 14.4 Å². The fourth-order valence-corrected chi connectivity index (χ4v) is 3.82. The Labute approximate surface area is 193 Å². The molecule has 0 spiro atoms. The van der Waals surface area contributed by atoms with Crippen molar-refractivity contribution in [2.24, 2.45) is 0 Å². The van der Waals surface area contributed by atoms with E-state index in [0.29, 0.717) is 35.6 Å². The number of hydrogen-bond acceptors (Lipinski definition) is 6. The minimum atomic E-state index is -0.793. The summed E-state index contributed by atoms with van der Waals surface area (Å²) < 4.78 is 10.8. The zero-order chi connectivity index (χ0) is 24.1. The number of esters is 1. The van der Waals surface area contributed by atoms with Gasteiger partial charge in [0.25, 0.3) is 11.7 Å². The molecule has 1 aliphatic rings. The lowest BCUT2D eigenvalue weighted by Gasteiger charge is -2.25. The van der Waals surface area contributed by atoms with E-state index in [-0.39, 0.29) is 17.4 Å². The molecule has 1 saturated heterocycles. The van der Waals surface area contributed by atoms with Gasteiger partial charge in [-0.3, -0.25) is 14.4 Å². The lowest BCUT2D eigenvalue weighted by atomic mass is 9.95. The second-order valence-corrected chi connectivity index (χ2v) is 8.20. The lowest BCUT2D eigenvalue weighted by Crippen LogP contribution is -2.30. The zero-order valence-corrected chi connectivity index (χ0v) is 19.3. The van der Waals surface area contributed by atoms with Crippen molar-refractivity contribution >= 4 is 23.4 Å². The number of aliphatic hydroxyl groups excluding tert-OH is 1. The van der Waals surface area contributed by atoms with Crippen LogP contribution >= 0.6 is 0 Å². The third kappa shape index (κ3) is 5.42. The number of likely N-dealkylation sites (tertiary alicyclic amines) is 1. The van der Waals surface area contributed by atoms with E-state index in [9.17, 15) is 19.5 Å². The van der Waals surface area contributed by atoms with Crippen molar-refractivity contribution in [1.82, 2.24) is 4.90 Å². The molecule has 0 aromatic heterocycles. The second kappa shape index (κ2) is 10.3. The first-order valence-electron chi connectivity index (χ1n) is 11.1. The van der Waals surface area contributed by atoms with Crippen molar-refractivity contribution in [2.75, 3.05) is 6.54 Å². The maximum Gasteiger partial charge on any atom is 0.308 e. The molecule has 0 radical (unpaired) electrons. The minimum absolute atomic E-state index is 0.00200. The van der Waals surface area contributed by atoms with Crippen molar-refractivity contribution in [2.45, 2.75) is 52.7 Å². The predicted molar refractivity (Wildman–Crippen MR) is 124 cm³/mol. The van der Waals surface area contributed by atoms with Crippen LogP contribution in [-0.4, -0.2) is 40.3 Å². The van der Waals surface area contributed by atoms with Crippen molar-refractivity contribution in [3.05, 3.63) is 65.2 Å². The molecule has 33 heavy (non-hydrogen) atoms. The Morgan fingerprint density at radius 2 is 1.79 bits per heavy atom. The summed E-state index contributed by atoms with van der Waals surface area (Å²) >= 11 is 0. The van der Waals surface area contributed by atoms with Crippen LogP contribution in [0.5, 0.6) is 11.5 Å². The first kappa shape index (κ1) is 24.0. The molecular formula is C26H29NO6. The highest BCUT2D eigenvalue weighted by Crippen LogP contribution is 2.40. The predicted octanol–water partition coefficient (Wildman–Crippen LogP) is 4.62. The fraction of sp³-hybridized carbons (Fsp3) is 0.346. The highest BCUT2D eigenvalue weighted by Gasteiger charge is 2.45. The van der Waals surface area contributed by atoms with Crippen LogP contribution in [0, 0.1) is 0 Å². The molecule has 7 nitrogen and oxygen atoms in total. The van der Waals surface area contributed by atoms with Gasteiger partial charge in [-0.05, 0) is 62.2 Å². The highest BCUT2D eigenvalue weighted by atomic mass is 16.5. The van der Waals surface area contributed by atoms with E-state index < -0.39 is 23.7 Å². The Kier molecular flexibility index (Phi) is 7.53. The van der Waals surface area contributed by atoms with Crippen LogP contribution in [0.3, 0.4) is 0 Å². The molecule has 1 amide bonds. The van der Waals surface area contributed by atoms with Gasteiger partial charge < -0.3 is 19.5 Å². The van der Waals surface area contributed by atoms with Crippen molar-refractivity contribution in [1.29, 1.82) is 0 Å². The van der Waals surface area contributed by atoms with Crippen LogP contribution in [0.25, 0.3) is 5.76 Å². The van der Waals surface area contributed by atoms with Gasteiger partial charge in [-0.15, -0.1) is 0 Å². The van der Waals surface area contributed by atoms with Crippen LogP contribution in [0.4, 0.5) is 0 Å². The van der Waals surface area contributed by atoms with Gasteiger partial charge in [-0.1, -0.05) is 25.5 Å². The second-order valence-electron chi connectivity index (χ2n) is 8.20. The van der Waals surface area contributed by atoms with E-state index in [1.807, 2.05) is 20.8 Å². The number of unbranched alkanes of at least 4 members (excludes halogenated alkanes) is 1. The number of hydrogen-bond donors (Lipinski definition) is 1. The number of ether oxygens (including phenoxy) is 2. The van der Waals surface area contributed by atoms with Gasteiger partial charge in [0.1, 0.15) is 17.3 Å². The number of ketones is 1. The van der Waals surface area contributed by atoms with Crippen LogP contribution < -0.4 is 9.47 Å². The standard InChI is InChI=1S/C26H29NO6/c1-5-6-14-27-23(19-8-7-9-21(15-19)33-17(4)28)22(25(30)26(27)31)24(29)18-10-12-20(13-11-18)32-16(2)3/h7-13,15-16,23,29H,5-6,14H2,1-4H3/b24-22-. The summed E-state index contributed by atoms with van der Waals surface area (Å²) in [6.45, 7) is 7.48. The summed E-state index contributed by atoms with van der Waals surface area (Å²) in [5, 5.41) is 11.1. The van der Waals surface area contributed by atoms with E-state index in [1.54, 1.807) is 48.5 Å². The summed E-state index contributed by atoms with van der Waals surface area (Å²) in [6, 6.07) is 12.6. The van der Waals surface area contributed by atoms with Crippen molar-refractivity contribution in [3.8, 4) is 11.5 Å². The minimum Gasteiger partial charge on any atom is -0.507 e. The normalized spacial score (nSPS) is 17.5. The molecule has 1 atom stereocenters. The fourth-order valence-electron chi connectivity index (χ4n) is 3.82. The number of carbonyl (C=O) groups excluding carboxylic acids is 3. The molecule has 0 saturated carbocycles. The monoisotopic (exact) mass is 451 g/mol. The summed E-state index contributed by atoms with van der Waals surface area (Å²) in [5.74, 6) is -1.20. The Bertz CT molecular complexity index is 1070. The van der Waals surface area contributed by atoms with Gasteiger partial charge in [-0.2, -0.15) is 0 Å². The van der Waals surface area contributed by atoms with Gasteiger partial charge in [0, 0.05) is 19.0 Å². The van der Waals surface area contributed by atoms with E-state index in [4.69, 9.17) is 9.47 Å². The summed E-state index contributed by atoms with van der Waals surface area (Å²) in [4.78, 5) is 38.8. The first-order valence-corrected chi connectivity index (χ1v) is 11.1. The topological polar surface area (TPSA) is 93.1 Å². The molecule has 1 heterocycles. The Morgan fingerprint density at radius 3 is 2.39 bits per heavy atom. The van der Waals surface area contributed by atoms with E-state index >= 15 is 0 Å². The van der Waals surface area contributed by atoms with Gasteiger partial charge in [0.2, 0.25) is 0 Å². The maximum atomic E-state index is 13.0. The SMILES string of the molecule is CCCCN1C(=O)C(=O)/C(=C(\O)c2ccc(OC(C)C)cc2)C1c1cccc(OC(C)=O)c1. The van der Waals surface area contributed by atoms with E-state index in [0.717, 1.165) is 6.42 Å². The third-order valence-electron chi connectivity index (χ3n) is 5.23. The number of amides is 1. The highest BCUT2D eigenvalue weighted by molar-refractivity contribution is 6.46. The largest absolute Gasteiger partial charge is 0.507 e. The van der Waals surface area contributed by atoms with Gasteiger partial charge in [0.05, 0.1) is 17.7 Å². The summed E-state index contributed by atoms with van der Waals surface area (Å²) in [5.41, 5.74) is 0.986. The van der Waals surface area contributed by atoms with Crippen LogP contribution in [0.1, 0.15) is 57.7 Å². The summed E-state index contributed by atoms with van der Waals surface area (Å²) in [7, 11) is 0. The van der Waals surface area contributed by atoms with E-state index in [2.05, 4.69) is 0 Å². The number of aliphatic hydroxyl groups is 1. The van der Waals surface area contributed by atoms with Crippen molar-refractivity contribution in [3.63, 3.8) is 0 Å². The molecule has 1 aliphatic heterocycles. The molecule has 2 aromatic carbocycles. The molecule has 3 rings (SSSR count). The number of benzene rings is 2. The molecular weight excluding hydrogens is 422 g/mol. The molecule has 7 heteroatoms. The maximum absolute atomic E-state index is 13.0. The Balaban J connectivity index is 2.09. The smallest absolute Gasteiger partial charge is 0.308 e. The molecule has 0 bridgehead atoms. The first-order chi connectivity index (χ1) is 15.7. The molecule has 1 unspecified atom stereocenters. The Morgan fingerprint density at radius 1 is 1.09 bits per heavy atom. The summed E-state index contributed by atoms with van der Waals surface area (Å²) in [6.07, 6.45) is 1.53. The Hall–Kier alpha value is -3.61. The molecule has 1 N–H and O–H groups in total. The number of Topliss-reactive ketones (excluding diaryl/α,β-unsaturated/α-hetero) is 1. The number of rotatable bonds is 8. The van der Waals surface area contributed by atoms with Gasteiger partial charge >= 0.3 is 5.97 Å². The van der Waals surface area contributed by atoms with Crippen LogP contribution in [0.15, 0.2) is 54.1 Å². The van der Waals surface area contributed by atoms with E-state index in [1.165, 1.54) is 11.8 Å². The quantitative estimate of drug-likeness (QED) is 0.207. The third-order valence-corrected chi connectivity index (χ3v) is 5.23. The lowest BCUT2D eigenvalue weighted by molar-refractivity contribution is -0.139. The number of nitrogens with zero attached hydrogens (tertiary/aromatic N) is 1. The zero-order valence-electron chi connectivity index (χ0n) is 19.3. The van der Waals surface area contributed by atoms with Gasteiger partial charge in [-0.25, -0.2) is 0 Å². The van der Waals surface area contributed by atoms with Gasteiger partial charge in [0.15, 0.2) is 0 Å². The molecule has 174 valence electrons. The number of carbonyl (C=O) groups is 3.